The zero-order valence-electron chi connectivity index (χ0n) is 7.55. The second-order valence-corrected chi connectivity index (χ2v) is 4.35. The Balaban J connectivity index is 2.21. The third-order valence-corrected chi connectivity index (χ3v) is 3.10. The van der Waals surface area contributed by atoms with Crippen molar-refractivity contribution in [2.45, 2.75) is 25.4 Å². The minimum atomic E-state index is 0.436. The standard InChI is InChI=1S/C10H13BrN2/c1-7-6-10(13-12-7)8-4-2-3-5-9(8)11/h2-5,7,10,12-13H,6H2,1H3. The number of halogens is 1. The zero-order chi connectivity index (χ0) is 9.26. The van der Waals surface area contributed by atoms with Gasteiger partial charge in [-0.05, 0) is 25.0 Å². The fourth-order valence-corrected chi connectivity index (χ4v) is 2.24. The van der Waals surface area contributed by atoms with Crippen LogP contribution in [0.5, 0.6) is 0 Å². The van der Waals surface area contributed by atoms with Crippen molar-refractivity contribution in [2.24, 2.45) is 0 Å². The van der Waals surface area contributed by atoms with Crippen LogP contribution in [-0.4, -0.2) is 6.04 Å². The van der Waals surface area contributed by atoms with Gasteiger partial charge < -0.3 is 0 Å². The molecule has 2 nitrogen and oxygen atoms in total. The van der Waals surface area contributed by atoms with Crippen LogP contribution in [0.25, 0.3) is 0 Å². The second kappa shape index (κ2) is 3.78. The van der Waals surface area contributed by atoms with Crippen molar-refractivity contribution in [3.8, 4) is 0 Å². The molecule has 70 valence electrons. The summed E-state index contributed by atoms with van der Waals surface area (Å²) in [6.07, 6.45) is 1.14. The predicted molar refractivity (Wildman–Crippen MR) is 57.2 cm³/mol. The van der Waals surface area contributed by atoms with E-state index in [0.717, 1.165) is 6.42 Å². The first-order chi connectivity index (χ1) is 6.27. The van der Waals surface area contributed by atoms with Crippen molar-refractivity contribution < 1.29 is 0 Å². The summed E-state index contributed by atoms with van der Waals surface area (Å²) < 4.78 is 1.18. The van der Waals surface area contributed by atoms with Gasteiger partial charge >= 0.3 is 0 Å². The summed E-state index contributed by atoms with van der Waals surface area (Å²) in [6, 6.07) is 9.34. The molecule has 1 aliphatic heterocycles. The van der Waals surface area contributed by atoms with Crippen LogP contribution in [0.4, 0.5) is 0 Å². The lowest BCUT2D eigenvalue weighted by atomic mass is 10.0. The zero-order valence-corrected chi connectivity index (χ0v) is 9.14. The van der Waals surface area contributed by atoms with Crippen LogP contribution in [-0.2, 0) is 0 Å². The molecular weight excluding hydrogens is 228 g/mol. The molecule has 2 rings (SSSR count). The first-order valence-corrected chi connectivity index (χ1v) is 5.32. The van der Waals surface area contributed by atoms with Crippen LogP contribution in [0.1, 0.15) is 24.9 Å². The summed E-state index contributed by atoms with van der Waals surface area (Å²) in [5, 5.41) is 0. The van der Waals surface area contributed by atoms with Gasteiger partial charge in [-0.15, -0.1) is 0 Å². The molecule has 1 aromatic rings. The number of nitrogens with one attached hydrogen (secondary N) is 2. The Morgan fingerprint density at radius 1 is 1.31 bits per heavy atom. The molecule has 0 bridgehead atoms. The molecule has 0 spiro atoms. The van der Waals surface area contributed by atoms with Crippen LogP contribution in [0, 0.1) is 0 Å². The Labute approximate surface area is 86.8 Å². The monoisotopic (exact) mass is 240 g/mol. The van der Waals surface area contributed by atoms with Crippen LogP contribution < -0.4 is 10.9 Å². The third-order valence-electron chi connectivity index (χ3n) is 2.37. The molecule has 0 amide bonds. The van der Waals surface area contributed by atoms with E-state index >= 15 is 0 Å². The Kier molecular flexibility index (Phi) is 2.67. The number of benzene rings is 1. The summed E-state index contributed by atoms with van der Waals surface area (Å²) in [4.78, 5) is 0. The molecule has 1 fully saturated rings. The average Bonchev–Trinajstić information content (AvgIpc) is 2.53. The van der Waals surface area contributed by atoms with Crippen LogP contribution in [0.15, 0.2) is 28.7 Å². The maximum absolute atomic E-state index is 3.56. The normalized spacial score (nSPS) is 27.8. The lowest BCUT2D eigenvalue weighted by Gasteiger charge is -2.11. The highest BCUT2D eigenvalue weighted by Crippen LogP contribution is 2.28. The lowest BCUT2D eigenvalue weighted by molar-refractivity contribution is 0.559. The minimum absolute atomic E-state index is 0.436. The molecular formula is C10H13BrN2. The first kappa shape index (κ1) is 9.19. The molecule has 1 aromatic carbocycles. The molecule has 1 saturated heterocycles. The van der Waals surface area contributed by atoms with Crippen molar-refractivity contribution in [3.05, 3.63) is 34.3 Å². The minimum Gasteiger partial charge on any atom is -0.254 e. The highest BCUT2D eigenvalue weighted by Gasteiger charge is 2.22. The smallest absolute Gasteiger partial charge is 0.0488 e. The number of hydrogen-bond donors (Lipinski definition) is 2. The van der Waals surface area contributed by atoms with Gasteiger partial charge in [0.2, 0.25) is 0 Å². The number of hydrogen-bond acceptors (Lipinski definition) is 2. The predicted octanol–water partition coefficient (Wildman–Crippen LogP) is 2.38. The van der Waals surface area contributed by atoms with Gasteiger partial charge in [0, 0.05) is 16.6 Å². The van der Waals surface area contributed by atoms with Gasteiger partial charge in [0.05, 0.1) is 0 Å². The summed E-state index contributed by atoms with van der Waals surface area (Å²) in [5.41, 5.74) is 7.84. The maximum atomic E-state index is 3.56. The Hall–Kier alpha value is -0.380. The van der Waals surface area contributed by atoms with Gasteiger partial charge in [-0.2, -0.15) is 0 Å². The van der Waals surface area contributed by atoms with E-state index in [4.69, 9.17) is 0 Å². The fourth-order valence-electron chi connectivity index (χ4n) is 1.68. The summed E-state index contributed by atoms with van der Waals surface area (Å²) in [5.74, 6) is 0. The van der Waals surface area contributed by atoms with Gasteiger partial charge in [-0.3, -0.25) is 5.43 Å². The van der Waals surface area contributed by atoms with Crippen LogP contribution in [0.2, 0.25) is 0 Å². The van der Waals surface area contributed by atoms with Gasteiger partial charge in [-0.25, -0.2) is 5.43 Å². The van der Waals surface area contributed by atoms with Crippen molar-refractivity contribution in [2.75, 3.05) is 0 Å². The third kappa shape index (κ3) is 1.93. The lowest BCUT2D eigenvalue weighted by Crippen LogP contribution is -2.28. The molecule has 3 heteroatoms. The molecule has 2 atom stereocenters. The number of hydrazine groups is 1. The molecule has 1 heterocycles. The second-order valence-electron chi connectivity index (χ2n) is 3.50. The Bertz CT molecular complexity index is 301. The molecule has 2 unspecified atom stereocenters. The molecule has 0 saturated carbocycles. The molecule has 0 radical (unpaired) electrons. The Morgan fingerprint density at radius 2 is 2.08 bits per heavy atom. The van der Waals surface area contributed by atoms with Crippen molar-refractivity contribution in [3.63, 3.8) is 0 Å². The summed E-state index contributed by atoms with van der Waals surface area (Å²) in [6.45, 7) is 2.18. The molecule has 2 N–H and O–H groups in total. The van der Waals surface area contributed by atoms with E-state index in [1.54, 1.807) is 0 Å². The van der Waals surface area contributed by atoms with E-state index in [9.17, 15) is 0 Å². The molecule has 0 aliphatic carbocycles. The van der Waals surface area contributed by atoms with Crippen molar-refractivity contribution in [1.82, 2.24) is 10.9 Å². The van der Waals surface area contributed by atoms with Gasteiger partial charge in [-0.1, -0.05) is 34.1 Å². The highest BCUT2D eigenvalue weighted by molar-refractivity contribution is 9.10. The SMILES string of the molecule is CC1CC(c2ccccc2Br)NN1. The van der Waals surface area contributed by atoms with Crippen LogP contribution in [0.3, 0.4) is 0 Å². The summed E-state index contributed by atoms with van der Waals surface area (Å²) in [7, 11) is 0. The van der Waals surface area contributed by atoms with Crippen LogP contribution >= 0.6 is 15.9 Å². The fraction of sp³-hybridized carbons (Fsp3) is 0.400. The quantitative estimate of drug-likeness (QED) is 0.788. The molecule has 1 aliphatic rings. The van der Waals surface area contributed by atoms with Gasteiger partial charge in [0.15, 0.2) is 0 Å². The van der Waals surface area contributed by atoms with E-state index in [0.29, 0.717) is 12.1 Å². The van der Waals surface area contributed by atoms with E-state index in [-0.39, 0.29) is 0 Å². The van der Waals surface area contributed by atoms with E-state index in [1.807, 2.05) is 6.07 Å². The molecule has 0 aromatic heterocycles. The molecule has 13 heavy (non-hydrogen) atoms. The topological polar surface area (TPSA) is 24.1 Å². The maximum Gasteiger partial charge on any atom is 0.0488 e. The largest absolute Gasteiger partial charge is 0.254 e. The Morgan fingerprint density at radius 3 is 2.69 bits per heavy atom. The van der Waals surface area contributed by atoms with E-state index < -0.39 is 0 Å². The first-order valence-electron chi connectivity index (χ1n) is 4.53. The number of rotatable bonds is 1. The van der Waals surface area contributed by atoms with Gasteiger partial charge in [0.25, 0.3) is 0 Å². The van der Waals surface area contributed by atoms with Crippen molar-refractivity contribution >= 4 is 15.9 Å². The van der Waals surface area contributed by atoms with Gasteiger partial charge in [0.1, 0.15) is 0 Å². The average molecular weight is 241 g/mol. The summed E-state index contributed by atoms with van der Waals surface area (Å²) >= 11 is 3.56. The highest BCUT2D eigenvalue weighted by atomic mass is 79.9. The van der Waals surface area contributed by atoms with E-state index in [2.05, 4.69) is 51.9 Å². The van der Waals surface area contributed by atoms with Crippen molar-refractivity contribution in [1.29, 1.82) is 0 Å². The van der Waals surface area contributed by atoms with E-state index in [1.165, 1.54) is 10.0 Å².